The van der Waals surface area contributed by atoms with Crippen LogP contribution < -0.4 is 4.57 Å². The van der Waals surface area contributed by atoms with Crippen LogP contribution in [0.4, 0.5) is 0 Å². The zero-order valence-electron chi connectivity index (χ0n) is 20.6. The first-order valence-corrected chi connectivity index (χ1v) is 13.4. The maximum absolute atomic E-state index is 2.51. The summed E-state index contributed by atoms with van der Waals surface area (Å²) in [6, 6.07) is 13.4. The zero-order valence-corrected chi connectivity index (χ0v) is 20.6. The molecule has 0 aliphatic heterocycles. The standard InChI is InChI=1S/C30H48N/c1-3-5-7-9-11-14-21-29-25-30(22-15-12-10-8-6-4-2)27-31(26-29)24-18-23-28-19-16-13-17-20-28/h13,16-17,19-20,25-27H,3-12,14-15,18,21-24H2,1-2H3/q+1. The van der Waals surface area contributed by atoms with Crippen LogP contribution in [0, 0.1) is 0 Å². The lowest BCUT2D eigenvalue weighted by Gasteiger charge is -2.07. The molecule has 31 heavy (non-hydrogen) atoms. The molecule has 0 aliphatic rings. The quantitative estimate of drug-likeness (QED) is 0.168. The summed E-state index contributed by atoms with van der Waals surface area (Å²) in [6.07, 6.45) is 26.3. The number of nitrogens with zero attached hydrogens (tertiary/aromatic N) is 1. The van der Waals surface area contributed by atoms with Gasteiger partial charge < -0.3 is 0 Å². The van der Waals surface area contributed by atoms with Gasteiger partial charge in [-0.1, -0.05) is 108 Å². The van der Waals surface area contributed by atoms with E-state index >= 15 is 0 Å². The lowest BCUT2D eigenvalue weighted by Crippen LogP contribution is -2.34. The molecule has 1 heteroatoms. The number of hydrogen-bond acceptors (Lipinski definition) is 0. The summed E-state index contributed by atoms with van der Waals surface area (Å²) in [5, 5.41) is 0. The first-order valence-electron chi connectivity index (χ1n) is 13.4. The Hall–Kier alpha value is -1.63. The molecule has 1 aromatic carbocycles. The highest BCUT2D eigenvalue weighted by molar-refractivity contribution is 5.16. The van der Waals surface area contributed by atoms with Crippen molar-refractivity contribution in [2.24, 2.45) is 0 Å². The Morgan fingerprint density at radius 2 is 1.00 bits per heavy atom. The minimum atomic E-state index is 1.13. The van der Waals surface area contributed by atoms with Crippen LogP contribution in [0.1, 0.15) is 114 Å². The minimum Gasteiger partial charge on any atom is -0.205 e. The van der Waals surface area contributed by atoms with E-state index in [1.807, 2.05) is 0 Å². The normalized spacial score (nSPS) is 11.2. The number of aromatic nitrogens is 1. The highest BCUT2D eigenvalue weighted by Crippen LogP contribution is 2.13. The Labute approximate surface area is 193 Å². The topological polar surface area (TPSA) is 3.88 Å². The van der Waals surface area contributed by atoms with Gasteiger partial charge in [0.2, 0.25) is 0 Å². The zero-order chi connectivity index (χ0) is 22.0. The van der Waals surface area contributed by atoms with Gasteiger partial charge >= 0.3 is 0 Å². The average molecular weight is 423 g/mol. The van der Waals surface area contributed by atoms with Crippen molar-refractivity contribution in [3.63, 3.8) is 0 Å². The van der Waals surface area contributed by atoms with Crippen molar-refractivity contribution in [3.8, 4) is 0 Å². The van der Waals surface area contributed by atoms with E-state index in [1.54, 1.807) is 11.1 Å². The second-order valence-electron chi connectivity index (χ2n) is 9.41. The highest BCUT2D eigenvalue weighted by Gasteiger charge is 2.09. The Balaban J connectivity index is 1.85. The Bertz CT molecular complexity index is 642. The maximum atomic E-state index is 2.51. The van der Waals surface area contributed by atoms with Crippen molar-refractivity contribution >= 4 is 0 Å². The van der Waals surface area contributed by atoms with Crippen LogP contribution in [0.25, 0.3) is 0 Å². The lowest BCUT2D eigenvalue weighted by atomic mass is 10.0. The number of unbranched alkanes of at least 4 members (excludes halogenated alkanes) is 10. The van der Waals surface area contributed by atoms with Crippen molar-refractivity contribution in [2.75, 3.05) is 0 Å². The van der Waals surface area contributed by atoms with E-state index in [0.717, 1.165) is 6.54 Å². The number of aryl methyl sites for hydroxylation is 4. The van der Waals surface area contributed by atoms with Gasteiger partial charge in [0.15, 0.2) is 12.4 Å². The molecule has 0 aliphatic carbocycles. The summed E-state index contributed by atoms with van der Waals surface area (Å²) in [6.45, 7) is 5.72. The summed E-state index contributed by atoms with van der Waals surface area (Å²) in [7, 11) is 0. The van der Waals surface area contributed by atoms with Crippen LogP contribution in [0.2, 0.25) is 0 Å². The third kappa shape index (κ3) is 12.1. The van der Waals surface area contributed by atoms with Crippen molar-refractivity contribution in [3.05, 3.63) is 65.5 Å². The van der Waals surface area contributed by atoms with Gasteiger partial charge in [0.1, 0.15) is 6.54 Å². The summed E-state index contributed by atoms with van der Waals surface area (Å²) in [5.41, 5.74) is 4.57. The van der Waals surface area contributed by atoms with E-state index in [9.17, 15) is 0 Å². The molecule has 0 amide bonds. The smallest absolute Gasteiger partial charge is 0.171 e. The van der Waals surface area contributed by atoms with Gasteiger partial charge in [0.05, 0.1) is 0 Å². The molecule has 2 rings (SSSR count). The molecular formula is C30H48N+. The molecule has 0 radical (unpaired) electrons. The summed E-state index contributed by atoms with van der Waals surface area (Å²) >= 11 is 0. The van der Waals surface area contributed by atoms with Crippen LogP contribution in [0.3, 0.4) is 0 Å². The summed E-state index contributed by atoms with van der Waals surface area (Å²) in [4.78, 5) is 0. The van der Waals surface area contributed by atoms with E-state index in [4.69, 9.17) is 0 Å². The second-order valence-corrected chi connectivity index (χ2v) is 9.41. The summed E-state index contributed by atoms with van der Waals surface area (Å²) in [5.74, 6) is 0. The maximum Gasteiger partial charge on any atom is 0.171 e. The van der Waals surface area contributed by atoms with E-state index in [-0.39, 0.29) is 0 Å². The van der Waals surface area contributed by atoms with Crippen LogP contribution in [0.15, 0.2) is 48.8 Å². The fourth-order valence-electron chi connectivity index (χ4n) is 4.51. The first-order chi connectivity index (χ1) is 15.3. The molecular weight excluding hydrogens is 374 g/mol. The molecule has 0 unspecified atom stereocenters. The Kier molecular flexibility index (Phi) is 14.0. The predicted molar refractivity (Wildman–Crippen MR) is 136 cm³/mol. The molecule has 1 nitrogen and oxygen atoms in total. The van der Waals surface area contributed by atoms with Crippen molar-refractivity contribution in [2.45, 2.75) is 123 Å². The SMILES string of the molecule is CCCCCCCCc1cc(CCCCCCCC)c[n+](CCCc2ccccc2)c1. The van der Waals surface area contributed by atoms with E-state index in [0.29, 0.717) is 0 Å². The van der Waals surface area contributed by atoms with Gasteiger partial charge in [-0.05, 0) is 43.7 Å². The average Bonchev–Trinajstić information content (AvgIpc) is 2.79. The molecule has 1 heterocycles. The van der Waals surface area contributed by atoms with Crippen molar-refractivity contribution in [1.82, 2.24) is 0 Å². The van der Waals surface area contributed by atoms with Gasteiger partial charge in [-0.15, -0.1) is 0 Å². The van der Waals surface area contributed by atoms with Crippen LogP contribution >= 0.6 is 0 Å². The lowest BCUT2D eigenvalue weighted by molar-refractivity contribution is -0.698. The molecule has 2 aromatic rings. The molecule has 172 valence electrons. The minimum absolute atomic E-state index is 1.13. The third-order valence-electron chi connectivity index (χ3n) is 6.40. The van der Waals surface area contributed by atoms with Crippen LogP contribution in [-0.2, 0) is 25.8 Å². The number of rotatable bonds is 18. The van der Waals surface area contributed by atoms with Crippen LogP contribution in [-0.4, -0.2) is 0 Å². The molecule has 0 bridgehead atoms. The van der Waals surface area contributed by atoms with E-state index < -0.39 is 0 Å². The summed E-state index contributed by atoms with van der Waals surface area (Å²) < 4.78 is 2.49. The van der Waals surface area contributed by atoms with E-state index in [2.05, 4.69) is 67.2 Å². The monoisotopic (exact) mass is 422 g/mol. The Morgan fingerprint density at radius 1 is 0.516 bits per heavy atom. The van der Waals surface area contributed by atoms with Gasteiger partial charge in [0, 0.05) is 17.5 Å². The second kappa shape index (κ2) is 17.0. The predicted octanol–water partition coefficient (Wildman–Crippen LogP) is 8.41. The Morgan fingerprint density at radius 3 is 1.55 bits per heavy atom. The molecule has 1 aromatic heterocycles. The molecule has 0 saturated heterocycles. The van der Waals surface area contributed by atoms with Gasteiger partial charge in [0.25, 0.3) is 0 Å². The molecule has 0 fully saturated rings. The van der Waals surface area contributed by atoms with Gasteiger partial charge in [-0.3, -0.25) is 0 Å². The van der Waals surface area contributed by atoms with Crippen molar-refractivity contribution < 1.29 is 4.57 Å². The first kappa shape index (κ1) is 25.6. The number of benzene rings is 1. The molecule has 0 N–H and O–H groups in total. The van der Waals surface area contributed by atoms with Crippen LogP contribution in [0.5, 0.6) is 0 Å². The molecule has 0 spiro atoms. The molecule has 0 atom stereocenters. The van der Waals surface area contributed by atoms with Gasteiger partial charge in [-0.2, -0.15) is 0 Å². The molecule has 0 saturated carbocycles. The van der Waals surface area contributed by atoms with Crippen molar-refractivity contribution in [1.29, 1.82) is 0 Å². The third-order valence-corrected chi connectivity index (χ3v) is 6.40. The van der Waals surface area contributed by atoms with Gasteiger partial charge in [-0.25, -0.2) is 4.57 Å². The fourth-order valence-corrected chi connectivity index (χ4v) is 4.51. The number of hydrogen-bond donors (Lipinski definition) is 0. The number of pyridine rings is 1. The highest BCUT2D eigenvalue weighted by atomic mass is 14.9. The van der Waals surface area contributed by atoms with E-state index in [1.165, 1.54) is 108 Å². The largest absolute Gasteiger partial charge is 0.205 e. The fraction of sp³-hybridized carbons (Fsp3) is 0.633.